The van der Waals surface area contributed by atoms with E-state index in [4.69, 9.17) is 23.2 Å². The highest BCUT2D eigenvalue weighted by atomic mass is 35.5. The Morgan fingerprint density at radius 3 is 2.60 bits per heavy atom. The predicted octanol–water partition coefficient (Wildman–Crippen LogP) is 5.65. The third-order valence-corrected chi connectivity index (χ3v) is 5.81. The number of rotatable bonds is 4. The number of benzene rings is 1. The fraction of sp³-hybridized carbons (Fsp3) is 0.444. The first-order valence-corrected chi connectivity index (χ1v) is 9.63. The Morgan fingerprint density at radius 2 is 2.04 bits per heavy atom. The molecule has 25 heavy (non-hydrogen) atoms. The zero-order valence-corrected chi connectivity index (χ0v) is 17.4. The van der Waals surface area contributed by atoms with E-state index in [-0.39, 0.29) is 17.5 Å². The number of nitrogens with zero attached hydrogens (tertiary/aromatic N) is 2. The number of carbonyl (C=O) groups excluding carboxylic acids is 1. The highest BCUT2D eigenvalue weighted by Gasteiger charge is 2.21. The van der Waals surface area contributed by atoms with E-state index in [2.05, 4.69) is 31.1 Å². The van der Waals surface area contributed by atoms with E-state index in [0.717, 1.165) is 16.3 Å². The average Bonchev–Trinajstić information content (AvgIpc) is 3.00. The van der Waals surface area contributed by atoms with Crippen LogP contribution >= 0.6 is 34.5 Å². The molecule has 1 atom stereocenters. The smallest absolute Gasteiger partial charge is 0.317 e. The molecule has 2 amide bonds. The summed E-state index contributed by atoms with van der Waals surface area (Å²) >= 11 is 13.8. The summed E-state index contributed by atoms with van der Waals surface area (Å²) in [6.07, 6.45) is 0. The van der Waals surface area contributed by atoms with Crippen LogP contribution in [0.5, 0.6) is 0 Å². The molecule has 0 aliphatic rings. The largest absolute Gasteiger partial charge is 0.332 e. The highest BCUT2D eigenvalue weighted by Crippen LogP contribution is 2.29. The van der Waals surface area contributed by atoms with Gasteiger partial charge in [0.25, 0.3) is 0 Å². The van der Waals surface area contributed by atoms with Crippen molar-refractivity contribution in [2.45, 2.75) is 45.7 Å². The van der Waals surface area contributed by atoms with Crippen molar-refractivity contribution in [2.75, 3.05) is 7.05 Å². The normalized spacial score (nSPS) is 12.8. The molecule has 0 spiro atoms. The summed E-state index contributed by atoms with van der Waals surface area (Å²) in [5.74, 6) is 0. The van der Waals surface area contributed by atoms with Gasteiger partial charge in [0.2, 0.25) is 0 Å². The van der Waals surface area contributed by atoms with E-state index < -0.39 is 0 Å². The van der Waals surface area contributed by atoms with Crippen LogP contribution in [0.25, 0.3) is 0 Å². The summed E-state index contributed by atoms with van der Waals surface area (Å²) in [4.78, 5) is 18.6. The van der Waals surface area contributed by atoms with Gasteiger partial charge in [-0.15, -0.1) is 11.3 Å². The minimum atomic E-state index is -0.177. The molecule has 2 aromatic rings. The molecule has 0 saturated heterocycles. The Bertz CT molecular complexity index is 755. The van der Waals surface area contributed by atoms with Crippen molar-refractivity contribution >= 4 is 40.6 Å². The minimum absolute atomic E-state index is 0.0174. The number of urea groups is 1. The highest BCUT2D eigenvalue weighted by molar-refractivity contribution is 7.09. The summed E-state index contributed by atoms with van der Waals surface area (Å²) in [5.41, 5.74) is 1.74. The number of halogens is 2. The molecule has 1 aromatic heterocycles. The SMILES string of the molecule is CC(c1ccc(Cl)cc1Cl)N(C)C(=O)NCc1csc(C(C)(C)C)n1. The number of carbonyl (C=O) groups is 1. The van der Waals surface area contributed by atoms with Crippen LogP contribution in [0.1, 0.15) is 50.0 Å². The lowest BCUT2D eigenvalue weighted by Gasteiger charge is -2.26. The van der Waals surface area contributed by atoms with Crippen LogP contribution < -0.4 is 5.32 Å². The fourth-order valence-corrected chi connectivity index (χ4v) is 3.72. The van der Waals surface area contributed by atoms with Gasteiger partial charge in [-0.25, -0.2) is 9.78 Å². The standard InChI is InChI=1S/C18H23Cl2N3OS/c1-11(14-7-6-12(19)8-15(14)20)23(5)17(24)21-9-13-10-25-16(22-13)18(2,3)4/h6-8,10-11H,9H2,1-5H3,(H,21,24). The topological polar surface area (TPSA) is 45.2 Å². The zero-order valence-electron chi connectivity index (χ0n) is 15.1. The number of amides is 2. The van der Waals surface area contributed by atoms with Crippen LogP contribution in [-0.4, -0.2) is 23.0 Å². The number of nitrogens with one attached hydrogen (secondary N) is 1. The molecular formula is C18H23Cl2N3OS. The van der Waals surface area contributed by atoms with E-state index in [1.165, 1.54) is 0 Å². The van der Waals surface area contributed by atoms with Gasteiger partial charge in [0, 0.05) is 27.9 Å². The van der Waals surface area contributed by atoms with Crippen molar-refractivity contribution in [2.24, 2.45) is 0 Å². The molecule has 1 aromatic carbocycles. The van der Waals surface area contributed by atoms with E-state index in [0.29, 0.717) is 16.6 Å². The summed E-state index contributed by atoms with van der Waals surface area (Å²) in [6.45, 7) is 8.70. The maximum Gasteiger partial charge on any atom is 0.317 e. The van der Waals surface area contributed by atoms with Gasteiger partial charge in [-0.05, 0) is 24.6 Å². The van der Waals surface area contributed by atoms with Crippen molar-refractivity contribution in [3.8, 4) is 0 Å². The van der Waals surface area contributed by atoms with Gasteiger partial charge in [-0.1, -0.05) is 50.0 Å². The number of thiazole rings is 1. The molecule has 2 rings (SSSR count). The Hall–Kier alpha value is -1.30. The van der Waals surface area contributed by atoms with Crippen molar-refractivity contribution in [1.29, 1.82) is 0 Å². The number of hydrogen-bond donors (Lipinski definition) is 1. The summed E-state index contributed by atoms with van der Waals surface area (Å²) in [7, 11) is 1.74. The van der Waals surface area contributed by atoms with Crippen LogP contribution in [0.15, 0.2) is 23.6 Å². The van der Waals surface area contributed by atoms with Crippen LogP contribution in [0.4, 0.5) is 4.79 Å². The minimum Gasteiger partial charge on any atom is -0.332 e. The van der Waals surface area contributed by atoms with E-state index in [1.54, 1.807) is 35.4 Å². The Morgan fingerprint density at radius 1 is 1.36 bits per heavy atom. The quantitative estimate of drug-likeness (QED) is 0.721. The van der Waals surface area contributed by atoms with E-state index in [1.807, 2.05) is 18.4 Å². The van der Waals surface area contributed by atoms with Crippen molar-refractivity contribution < 1.29 is 4.79 Å². The zero-order chi connectivity index (χ0) is 18.8. The lowest BCUT2D eigenvalue weighted by Crippen LogP contribution is -2.38. The molecular weight excluding hydrogens is 377 g/mol. The van der Waals surface area contributed by atoms with Gasteiger partial charge >= 0.3 is 6.03 Å². The van der Waals surface area contributed by atoms with Crippen molar-refractivity contribution in [3.05, 3.63) is 49.9 Å². The van der Waals surface area contributed by atoms with Gasteiger partial charge in [0.1, 0.15) is 0 Å². The van der Waals surface area contributed by atoms with Crippen molar-refractivity contribution in [1.82, 2.24) is 15.2 Å². The van der Waals surface area contributed by atoms with Crippen LogP contribution in [0.3, 0.4) is 0 Å². The third kappa shape index (κ3) is 5.09. The molecule has 0 radical (unpaired) electrons. The molecule has 7 heteroatoms. The van der Waals surface area contributed by atoms with E-state index in [9.17, 15) is 4.79 Å². The number of hydrogen-bond acceptors (Lipinski definition) is 3. The maximum absolute atomic E-state index is 12.4. The molecule has 0 aliphatic heterocycles. The molecule has 0 bridgehead atoms. The second-order valence-electron chi connectivity index (χ2n) is 7.01. The first kappa shape index (κ1) is 20.0. The first-order valence-electron chi connectivity index (χ1n) is 8.00. The lowest BCUT2D eigenvalue weighted by atomic mass is 9.98. The van der Waals surface area contributed by atoms with E-state index >= 15 is 0 Å². The van der Waals surface area contributed by atoms with Crippen molar-refractivity contribution in [3.63, 3.8) is 0 Å². The fourth-order valence-electron chi connectivity index (χ4n) is 2.25. The molecule has 4 nitrogen and oxygen atoms in total. The Balaban J connectivity index is 1.99. The summed E-state index contributed by atoms with van der Waals surface area (Å²) in [5, 5.41) is 7.08. The molecule has 136 valence electrons. The Kier molecular flexibility index (Phi) is 6.35. The van der Waals surface area contributed by atoms with Crippen LogP contribution in [-0.2, 0) is 12.0 Å². The molecule has 0 aliphatic carbocycles. The molecule has 0 fully saturated rings. The maximum atomic E-state index is 12.4. The van der Waals surface area contributed by atoms with Crippen LogP contribution in [0.2, 0.25) is 10.0 Å². The van der Waals surface area contributed by atoms with Gasteiger partial charge in [0.15, 0.2) is 0 Å². The monoisotopic (exact) mass is 399 g/mol. The van der Waals surface area contributed by atoms with Gasteiger partial charge in [-0.3, -0.25) is 0 Å². The predicted molar refractivity (Wildman–Crippen MR) is 106 cm³/mol. The first-order chi connectivity index (χ1) is 11.6. The summed E-state index contributed by atoms with van der Waals surface area (Å²) in [6, 6.07) is 4.95. The second-order valence-corrected chi connectivity index (χ2v) is 8.71. The van der Waals surface area contributed by atoms with Crippen LogP contribution in [0, 0.1) is 0 Å². The summed E-state index contributed by atoms with van der Waals surface area (Å²) < 4.78 is 0. The van der Waals surface area contributed by atoms with Gasteiger partial charge < -0.3 is 10.2 Å². The Labute approximate surface area is 163 Å². The lowest BCUT2D eigenvalue weighted by molar-refractivity contribution is 0.194. The molecule has 1 heterocycles. The average molecular weight is 400 g/mol. The second kappa shape index (κ2) is 7.94. The third-order valence-electron chi connectivity index (χ3n) is 3.93. The molecule has 1 unspecified atom stereocenters. The number of aromatic nitrogens is 1. The van der Waals surface area contributed by atoms with Gasteiger partial charge in [-0.2, -0.15) is 0 Å². The van der Waals surface area contributed by atoms with Gasteiger partial charge in [0.05, 0.1) is 23.3 Å². The molecule has 0 saturated carbocycles. The molecule has 1 N–H and O–H groups in total.